The minimum atomic E-state index is 0.758. The highest BCUT2D eigenvalue weighted by Crippen LogP contribution is 2.24. The third kappa shape index (κ3) is 3.69. The molecular formula is C19H27N5O. The van der Waals surface area contributed by atoms with Crippen LogP contribution in [0.5, 0.6) is 0 Å². The molecule has 0 fully saturated rings. The van der Waals surface area contributed by atoms with Gasteiger partial charge in [-0.1, -0.05) is 13.8 Å². The van der Waals surface area contributed by atoms with Crippen molar-refractivity contribution in [1.82, 2.24) is 19.5 Å². The quantitative estimate of drug-likeness (QED) is 0.632. The number of anilines is 1. The number of aryl methyl sites for hydroxylation is 1. The first-order valence-electron chi connectivity index (χ1n) is 9.01. The Morgan fingerprint density at radius 3 is 2.72 bits per heavy atom. The fourth-order valence-electron chi connectivity index (χ4n) is 3.00. The van der Waals surface area contributed by atoms with Crippen LogP contribution in [0, 0.1) is 13.8 Å². The first kappa shape index (κ1) is 17.5. The van der Waals surface area contributed by atoms with E-state index in [0.29, 0.717) is 0 Å². The zero-order valence-corrected chi connectivity index (χ0v) is 15.5. The van der Waals surface area contributed by atoms with Gasteiger partial charge in [-0.2, -0.15) is 9.61 Å². The second kappa shape index (κ2) is 7.70. The summed E-state index contributed by atoms with van der Waals surface area (Å²) in [5.41, 5.74) is 3.78. The molecule has 0 aliphatic carbocycles. The number of furan rings is 1. The van der Waals surface area contributed by atoms with Crippen molar-refractivity contribution in [2.24, 2.45) is 0 Å². The Morgan fingerprint density at radius 1 is 1.24 bits per heavy atom. The Hall–Kier alpha value is -2.34. The number of fused-ring (bicyclic) bond motifs is 1. The van der Waals surface area contributed by atoms with Crippen LogP contribution in [0.1, 0.15) is 31.5 Å². The van der Waals surface area contributed by atoms with Gasteiger partial charge in [-0.25, -0.2) is 4.98 Å². The predicted molar refractivity (Wildman–Crippen MR) is 101 cm³/mol. The maximum atomic E-state index is 5.47. The third-order valence-electron chi connectivity index (χ3n) is 4.69. The molecule has 0 saturated carbocycles. The SMILES string of the molecule is CCN(CC)CCCNc1c(C)c(C)nc2cc(-c3ccco3)nn12. The summed E-state index contributed by atoms with van der Waals surface area (Å²) in [6.07, 6.45) is 2.76. The van der Waals surface area contributed by atoms with Crippen molar-refractivity contribution < 1.29 is 4.42 Å². The standard InChI is InChI=1S/C19H27N5O/c1-5-23(6-2)11-8-10-20-19-14(3)15(4)21-18-13-16(22-24(18)19)17-9-7-12-25-17/h7,9,12-13,20H,5-6,8,10-11H2,1-4H3. The van der Waals surface area contributed by atoms with Crippen LogP contribution in [0.25, 0.3) is 17.1 Å². The summed E-state index contributed by atoms with van der Waals surface area (Å²) in [5, 5.41) is 8.25. The van der Waals surface area contributed by atoms with Crippen molar-refractivity contribution >= 4 is 11.5 Å². The van der Waals surface area contributed by atoms with E-state index in [0.717, 1.165) is 66.8 Å². The lowest BCUT2D eigenvalue weighted by Crippen LogP contribution is -2.25. The molecule has 25 heavy (non-hydrogen) atoms. The highest BCUT2D eigenvalue weighted by atomic mass is 16.3. The number of hydrogen-bond donors (Lipinski definition) is 1. The molecule has 0 atom stereocenters. The fourth-order valence-corrected chi connectivity index (χ4v) is 3.00. The smallest absolute Gasteiger partial charge is 0.158 e. The van der Waals surface area contributed by atoms with Crippen molar-refractivity contribution in [3.63, 3.8) is 0 Å². The van der Waals surface area contributed by atoms with E-state index in [1.165, 1.54) is 0 Å². The largest absolute Gasteiger partial charge is 0.463 e. The Bertz CT molecular complexity index is 818. The topological polar surface area (TPSA) is 58.6 Å². The first-order valence-corrected chi connectivity index (χ1v) is 9.01. The molecule has 3 rings (SSSR count). The normalized spacial score (nSPS) is 11.6. The second-order valence-electron chi connectivity index (χ2n) is 6.25. The number of rotatable bonds is 8. The lowest BCUT2D eigenvalue weighted by molar-refractivity contribution is 0.303. The van der Waals surface area contributed by atoms with Crippen LogP contribution in [-0.2, 0) is 0 Å². The van der Waals surface area contributed by atoms with Crippen molar-refractivity contribution in [3.8, 4) is 11.5 Å². The highest BCUT2D eigenvalue weighted by Gasteiger charge is 2.14. The maximum absolute atomic E-state index is 5.47. The Kier molecular flexibility index (Phi) is 5.38. The Morgan fingerprint density at radius 2 is 2.04 bits per heavy atom. The van der Waals surface area contributed by atoms with Gasteiger partial charge in [-0.05, 0) is 52.0 Å². The first-order chi connectivity index (χ1) is 12.1. The van der Waals surface area contributed by atoms with Crippen LogP contribution >= 0.6 is 0 Å². The average molecular weight is 341 g/mol. The van der Waals surface area contributed by atoms with E-state index in [4.69, 9.17) is 9.52 Å². The lowest BCUT2D eigenvalue weighted by atomic mass is 10.2. The molecule has 0 spiro atoms. The summed E-state index contributed by atoms with van der Waals surface area (Å²) in [7, 11) is 0. The molecule has 0 saturated heterocycles. The van der Waals surface area contributed by atoms with Gasteiger partial charge in [0.15, 0.2) is 11.4 Å². The van der Waals surface area contributed by atoms with E-state index in [1.54, 1.807) is 6.26 Å². The zero-order valence-electron chi connectivity index (χ0n) is 15.5. The van der Waals surface area contributed by atoms with Gasteiger partial charge in [0.25, 0.3) is 0 Å². The van der Waals surface area contributed by atoms with Gasteiger partial charge in [0.05, 0.1) is 6.26 Å². The average Bonchev–Trinajstić information content (AvgIpc) is 3.27. The molecule has 3 aromatic heterocycles. The Labute approximate surface area is 148 Å². The molecule has 0 aliphatic rings. The summed E-state index contributed by atoms with van der Waals surface area (Å²) in [5.74, 6) is 1.77. The molecule has 3 heterocycles. The minimum Gasteiger partial charge on any atom is -0.463 e. The van der Waals surface area contributed by atoms with E-state index in [2.05, 4.69) is 36.0 Å². The van der Waals surface area contributed by atoms with Gasteiger partial charge in [-0.3, -0.25) is 0 Å². The van der Waals surface area contributed by atoms with Crippen molar-refractivity contribution in [1.29, 1.82) is 0 Å². The fraction of sp³-hybridized carbons (Fsp3) is 0.474. The van der Waals surface area contributed by atoms with Crippen LogP contribution in [0.3, 0.4) is 0 Å². The molecule has 0 aliphatic heterocycles. The zero-order chi connectivity index (χ0) is 17.8. The molecule has 6 heteroatoms. The van der Waals surface area contributed by atoms with Gasteiger partial charge in [0.2, 0.25) is 0 Å². The lowest BCUT2D eigenvalue weighted by Gasteiger charge is -2.18. The van der Waals surface area contributed by atoms with Crippen LogP contribution in [0.2, 0.25) is 0 Å². The third-order valence-corrected chi connectivity index (χ3v) is 4.69. The van der Waals surface area contributed by atoms with Gasteiger partial charge in [0.1, 0.15) is 11.5 Å². The monoisotopic (exact) mass is 341 g/mol. The second-order valence-corrected chi connectivity index (χ2v) is 6.25. The molecule has 0 bridgehead atoms. The molecule has 0 amide bonds. The van der Waals surface area contributed by atoms with Gasteiger partial charge >= 0.3 is 0 Å². The van der Waals surface area contributed by atoms with Gasteiger partial charge < -0.3 is 14.6 Å². The van der Waals surface area contributed by atoms with Crippen molar-refractivity contribution in [2.75, 3.05) is 31.5 Å². The summed E-state index contributed by atoms with van der Waals surface area (Å²) in [6.45, 7) is 12.7. The van der Waals surface area contributed by atoms with Gasteiger partial charge in [0, 0.05) is 23.9 Å². The number of nitrogens with one attached hydrogen (secondary N) is 1. The van der Waals surface area contributed by atoms with E-state index >= 15 is 0 Å². The minimum absolute atomic E-state index is 0.758. The van der Waals surface area contributed by atoms with E-state index in [-0.39, 0.29) is 0 Å². The summed E-state index contributed by atoms with van der Waals surface area (Å²) >= 11 is 0. The highest BCUT2D eigenvalue weighted by molar-refractivity contribution is 5.63. The van der Waals surface area contributed by atoms with Crippen molar-refractivity contribution in [2.45, 2.75) is 34.1 Å². The van der Waals surface area contributed by atoms with E-state index < -0.39 is 0 Å². The van der Waals surface area contributed by atoms with Crippen LogP contribution < -0.4 is 5.32 Å². The molecule has 1 N–H and O–H groups in total. The maximum Gasteiger partial charge on any atom is 0.158 e. The van der Waals surface area contributed by atoms with E-state index in [9.17, 15) is 0 Å². The molecule has 0 radical (unpaired) electrons. The van der Waals surface area contributed by atoms with Crippen LogP contribution in [0.15, 0.2) is 28.9 Å². The van der Waals surface area contributed by atoms with Crippen molar-refractivity contribution in [3.05, 3.63) is 35.7 Å². The number of aromatic nitrogens is 3. The molecular weight excluding hydrogens is 314 g/mol. The molecule has 0 unspecified atom stereocenters. The van der Waals surface area contributed by atoms with Gasteiger partial charge in [-0.15, -0.1) is 0 Å². The summed E-state index contributed by atoms with van der Waals surface area (Å²) in [4.78, 5) is 7.10. The number of nitrogens with zero attached hydrogens (tertiary/aromatic N) is 4. The summed E-state index contributed by atoms with van der Waals surface area (Å²) in [6, 6.07) is 5.75. The predicted octanol–water partition coefficient (Wildman–Crippen LogP) is 3.75. The molecule has 0 aromatic carbocycles. The molecule has 134 valence electrons. The van der Waals surface area contributed by atoms with Crippen LogP contribution in [-0.4, -0.2) is 45.7 Å². The summed E-state index contributed by atoms with van der Waals surface area (Å²) < 4.78 is 7.36. The Balaban J connectivity index is 1.82. The molecule has 6 nitrogen and oxygen atoms in total. The van der Waals surface area contributed by atoms with Crippen LogP contribution in [0.4, 0.5) is 5.82 Å². The molecule has 3 aromatic rings. The van der Waals surface area contributed by atoms with E-state index in [1.807, 2.05) is 29.6 Å². The number of hydrogen-bond acceptors (Lipinski definition) is 5.